The molecule has 1 heterocycles. The molecule has 1 atom stereocenters. The summed E-state index contributed by atoms with van der Waals surface area (Å²) in [5.74, 6) is -0.117. The first-order valence-electron chi connectivity index (χ1n) is 8.52. The highest BCUT2D eigenvalue weighted by Crippen LogP contribution is 2.32. The number of nitrogens with zero attached hydrogens (tertiary/aromatic N) is 1. The maximum Gasteiger partial charge on any atom is 0.307 e. The van der Waals surface area contributed by atoms with E-state index in [2.05, 4.69) is 0 Å². The number of carbonyl (C=O) groups excluding carboxylic acids is 1. The summed E-state index contributed by atoms with van der Waals surface area (Å²) in [6.45, 7) is 4.65. The molecule has 26 heavy (non-hydrogen) atoms. The molecule has 7 nitrogen and oxygen atoms in total. The topological polar surface area (TPSA) is 103 Å². The van der Waals surface area contributed by atoms with Crippen molar-refractivity contribution < 1.29 is 27.4 Å². The molecule has 0 saturated heterocycles. The molecule has 1 aliphatic rings. The second-order valence-electron chi connectivity index (χ2n) is 6.36. The Morgan fingerprint density at radius 1 is 1.27 bits per heavy atom. The average Bonchev–Trinajstić information content (AvgIpc) is 2.84. The van der Waals surface area contributed by atoms with Gasteiger partial charge in [-0.05, 0) is 18.1 Å². The number of carbonyl (C=O) groups is 1. The number of hydrogen-bond acceptors (Lipinski definition) is 7. The predicted octanol–water partition coefficient (Wildman–Crippen LogP) is 2.49. The van der Waals surface area contributed by atoms with Gasteiger partial charge in [0.1, 0.15) is 6.10 Å². The summed E-state index contributed by atoms with van der Waals surface area (Å²) in [4.78, 5) is 12.0. The SMILES string of the molecule is CC(C)[C@H](CC#N)OC(=O)CCS(=O)(=O)c1ccc2c(c1)OCCCO2. The minimum Gasteiger partial charge on any atom is -0.490 e. The summed E-state index contributed by atoms with van der Waals surface area (Å²) in [6, 6.07) is 6.40. The van der Waals surface area contributed by atoms with Crippen LogP contribution in [0.25, 0.3) is 0 Å². The molecule has 142 valence electrons. The molecule has 0 bridgehead atoms. The predicted molar refractivity (Wildman–Crippen MR) is 93.7 cm³/mol. The minimum atomic E-state index is -3.67. The second kappa shape index (κ2) is 8.90. The first-order chi connectivity index (χ1) is 12.3. The van der Waals surface area contributed by atoms with E-state index in [4.69, 9.17) is 19.5 Å². The van der Waals surface area contributed by atoms with Gasteiger partial charge in [0.15, 0.2) is 21.3 Å². The number of fused-ring (bicyclic) bond motifs is 1. The zero-order chi connectivity index (χ0) is 19.2. The van der Waals surface area contributed by atoms with E-state index >= 15 is 0 Å². The molecule has 1 aromatic carbocycles. The van der Waals surface area contributed by atoms with E-state index in [9.17, 15) is 13.2 Å². The number of hydrogen-bond donors (Lipinski definition) is 0. The maximum atomic E-state index is 12.5. The summed E-state index contributed by atoms with van der Waals surface area (Å²) in [7, 11) is -3.67. The summed E-state index contributed by atoms with van der Waals surface area (Å²) in [5.41, 5.74) is 0. The lowest BCUT2D eigenvalue weighted by molar-refractivity contribution is -0.150. The monoisotopic (exact) mass is 381 g/mol. The first-order valence-corrected chi connectivity index (χ1v) is 10.2. The molecule has 0 fully saturated rings. The van der Waals surface area contributed by atoms with Gasteiger partial charge in [-0.25, -0.2) is 8.42 Å². The minimum absolute atomic E-state index is 0.0167. The van der Waals surface area contributed by atoms with Gasteiger partial charge in [-0.15, -0.1) is 0 Å². The van der Waals surface area contributed by atoms with Crippen LogP contribution in [0.4, 0.5) is 0 Å². The van der Waals surface area contributed by atoms with Crippen LogP contribution in [-0.2, 0) is 19.4 Å². The lowest BCUT2D eigenvalue weighted by Crippen LogP contribution is -2.24. The van der Waals surface area contributed by atoms with Gasteiger partial charge >= 0.3 is 5.97 Å². The molecule has 0 spiro atoms. The summed E-state index contributed by atoms with van der Waals surface area (Å²) < 4.78 is 41.2. The smallest absolute Gasteiger partial charge is 0.307 e. The zero-order valence-corrected chi connectivity index (χ0v) is 15.8. The Labute approximate surface area is 153 Å². The van der Waals surface area contributed by atoms with E-state index in [0.717, 1.165) is 6.42 Å². The van der Waals surface area contributed by atoms with E-state index in [0.29, 0.717) is 24.7 Å². The lowest BCUT2D eigenvalue weighted by Gasteiger charge is -2.18. The molecule has 1 aliphatic heterocycles. The van der Waals surface area contributed by atoms with Crippen molar-refractivity contribution in [1.29, 1.82) is 5.26 Å². The van der Waals surface area contributed by atoms with Crippen molar-refractivity contribution in [2.75, 3.05) is 19.0 Å². The van der Waals surface area contributed by atoms with Crippen LogP contribution in [0.1, 0.15) is 33.1 Å². The number of rotatable bonds is 7. The van der Waals surface area contributed by atoms with Crippen LogP contribution >= 0.6 is 0 Å². The van der Waals surface area contributed by atoms with Crippen LogP contribution < -0.4 is 9.47 Å². The highest BCUT2D eigenvalue weighted by Gasteiger charge is 2.23. The number of nitriles is 1. The van der Waals surface area contributed by atoms with Crippen molar-refractivity contribution in [2.24, 2.45) is 5.92 Å². The summed E-state index contributed by atoms with van der Waals surface area (Å²) in [6.07, 6.45) is -0.000240. The highest BCUT2D eigenvalue weighted by molar-refractivity contribution is 7.91. The molecule has 0 aromatic heterocycles. The summed E-state index contributed by atoms with van der Waals surface area (Å²) in [5, 5.41) is 8.76. The molecule has 0 saturated carbocycles. The third kappa shape index (κ3) is 5.36. The molecule has 0 aliphatic carbocycles. The van der Waals surface area contributed by atoms with Gasteiger partial charge < -0.3 is 14.2 Å². The van der Waals surface area contributed by atoms with E-state index in [1.807, 2.05) is 19.9 Å². The molecule has 0 unspecified atom stereocenters. The van der Waals surface area contributed by atoms with Gasteiger partial charge in [0.05, 0.1) is 42.8 Å². The second-order valence-corrected chi connectivity index (χ2v) is 8.47. The third-order valence-electron chi connectivity index (χ3n) is 3.97. The summed E-state index contributed by atoms with van der Waals surface area (Å²) >= 11 is 0. The van der Waals surface area contributed by atoms with E-state index in [1.165, 1.54) is 12.1 Å². The number of ether oxygens (including phenoxy) is 3. The first kappa shape index (κ1) is 20.0. The van der Waals surface area contributed by atoms with Crippen molar-refractivity contribution in [3.63, 3.8) is 0 Å². The molecule has 2 rings (SSSR count). The number of esters is 1. The Kier molecular flexibility index (Phi) is 6.86. The van der Waals surface area contributed by atoms with Crippen LogP contribution in [-0.4, -0.2) is 39.5 Å². The highest BCUT2D eigenvalue weighted by atomic mass is 32.2. The standard InChI is InChI=1S/C18H23NO6S/c1-13(2)15(6-8-19)25-18(20)7-11-26(21,22)14-4-5-16-17(12-14)24-10-3-9-23-16/h4-5,12-13,15H,3,6-7,9-11H2,1-2H3/t15-/m0/s1. The van der Waals surface area contributed by atoms with E-state index in [1.54, 1.807) is 6.07 Å². The molecular weight excluding hydrogens is 358 g/mol. The third-order valence-corrected chi connectivity index (χ3v) is 5.69. The Morgan fingerprint density at radius 2 is 1.96 bits per heavy atom. The van der Waals surface area contributed by atoms with Crippen LogP contribution in [0.5, 0.6) is 11.5 Å². The van der Waals surface area contributed by atoms with Gasteiger partial charge in [-0.3, -0.25) is 4.79 Å². The van der Waals surface area contributed by atoms with E-state index in [-0.39, 0.29) is 29.4 Å². The Bertz CT molecular complexity index is 781. The van der Waals surface area contributed by atoms with Crippen molar-refractivity contribution in [3.8, 4) is 17.6 Å². The van der Waals surface area contributed by atoms with Gasteiger partial charge in [-0.1, -0.05) is 13.8 Å². The van der Waals surface area contributed by atoms with Gasteiger partial charge in [0.2, 0.25) is 0 Å². The molecule has 0 radical (unpaired) electrons. The van der Waals surface area contributed by atoms with Crippen LogP contribution in [0.15, 0.2) is 23.1 Å². The maximum absolute atomic E-state index is 12.5. The molecule has 0 amide bonds. The van der Waals surface area contributed by atoms with Crippen LogP contribution in [0.2, 0.25) is 0 Å². The average molecular weight is 381 g/mol. The zero-order valence-electron chi connectivity index (χ0n) is 14.9. The quantitative estimate of drug-likeness (QED) is 0.669. The molecule has 0 N–H and O–H groups in total. The fourth-order valence-electron chi connectivity index (χ4n) is 2.40. The van der Waals surface area contributed by atoms with Crippen molar-refractivity contribution in [2.45, 2.75) is 44.1 Å². The van der Waals surface area contributed by atoms with Crippen molar-refractivity contribution >= 4 is 15.8 Å². The largest absolute Gasteiger partial charge is 0.490 e. The molecular formula is C18H23NO6S. The Morgan fingerprint density at radius 3 is 2.62 bits per heavy atom. The van der Waals surface area contributed by atoms with Gasteiger partial charge in [0.25, 0.3) is 0 Å². The van der Waals surface area contributed by atoms with Crippen molar-refractivity contribution in [3.05, 3.63) is 18.2 Å². The fourth-order valence-corrected chi connectivity index (χ4v) is 3.64. The molecule has 1 aromatic rings. The van der Waals surface area contributed by atoms with Crippen LogP contribution in [0.3, 0.4) is 0 Å². The Hall–Kier alpha value is -2.27. The number of sulfone groups is 1. The van der Waals surface area contributed by atoms with Crippen LogP contribution in [0, 0.1) is 17.2 Å². The fraction of sp³-hybridized carbons (Fsp3) is 0.556. The molecule has 8 heteroatoms. The van der Waals surface area contributed by atoms with Gasteiger partial charge in [0, 0.05) is 12.5 Å². The van der Waals surface area contributed by atoms with Gasteiger partial charge in [-0.2, -0.15) is 5.26 Å². The number of benzene rings is 1. The Balaban J connectivity index is 2.01. The normalized spacial score (nSPS) is 15.0. The van der Waals surface area contributed by atoms with Crippen molar-refractivity contribution in [1.82, 2.24) is 0 Å². The van der Waals surface area contributed by atoms with E-state index < -0.39 is 21.9 Å². The lowest BCUT2D eigenvalue weighted by atomic mass is 10.1.